The van der Waals surface area contributed by atoms with Crippen LogP contribution in [0.2, 0.25) is 5.02 Å². The Kier molecular flexibility index (Phi) is 3.66. The highest BCUT2D eigenvalue weighted by Gasteiger charge is 2.27. The average molecular weight is 224 g/mol. The molecule has 0 spiro atoms. The minimum absolute atomic E-state index is 0.424. The van der Waals surface area contributed by atoms with E-state index in [0.29, 0.717) is 6.04 Å². The summed E-state index contributed by atoms with van der Waals surface area (Å²) in [6.45, 7) is 0. The van der Waals surface area contributed by atoms with Crippen molar-refractivity contribution in [2.45, 2.75) is 38.1 Å². The molecule has 1 nitrogen and oxygen atoms in total. The van der Waals surface area contributed by atoms with Crippen LogP contribution in [0.25, 0.3) is 0 Å². The van der Waals surface area contributed by atoms with E-state index in [4.69, 9.17) is 17.3 Å². The summed E-state index contributed by atoms with van der Waals surface area (Å²) in [6.07, 6.45) is 6.03. The average Bonchev–Trinajstić information content (AvgIpc) is 3.04. The zero-order valence-electron chi connectivity index (χ0n) is 8.95. The Morgan fingerprint density at radius 3 is 2.73 bits per heavy atom. The van der Waals surface area contributed by atoms with E-state index < -0.39 is 0 Å². The Labute approximate surface area is 96.6 Å². The number of benzene rings is 1. The Morgan fingerprint density at radius 1 is 1.33 bits per heavy atom. The summed E-state index contributed by atoms with van der Waals surface area (Å²) in [5.41, 5.74) is 7.30. The number of aryl methyl sites for hydroxylation is 1. The molecule has 1 aromatic carbocycles. The lowest BCUT2D eigenvalue weighted by Crippen LogP contribution is -2.22. The van der Waals surface area contributed by atoms with Gasteiger partial charge in [-0.3, -0.25) is 0 Å². The summed E-state index contributed by atoms with van der Waals surface area (Å²) in [4.78, 5) is 0. The van der Waals surface area contributed by atoms with Crippen LogP contribution in [0.15, 0.2) is 24.3 Å². The van der Waals surface area contributed by atoms with E-state index in [1.807, 2.05) is 18.2 Å². The number of hydrogen-bond donors (Lipinski definition) is 1. The maximum atomic E-state index is 6.08. The third-order valence-electron chi connectivity index (χ3n) is 3.17. The molecule has 82 valence electrons. The maximum Gasteiger partial charge on any atom is 0.0437 e. The van der Waals surface area contributed by atoms with Gasteiger partial charge in [0.05, 0.1) is 0 Å². The van der Waals surface area contributed by atoms with Crippen LogP contribution in [-0.2, 0) is 6.42 Å². The monoisotopic (exact) mass is 223 g/mol. The van der Waals surface area contributed by atoms with Gasteiger partial charge in [-0.25, -0.2) is 0 Å². The molecule has 2 N–H and O–H groups in total. The molecule has 0 amide bonds. The lowest BCUT2D eigenvalue weighted by atomic mass is 10.0. The molecule has 0 bridgehead atoms. The van der Waals surface area contributed by atoms with Gasteiger partial charge in [-0.05, 0) is 49.7 Å². The second-order valence-electron chi connectivity index (χ2n) is 4.48. The number of hydrogen-bond acceptors (Lipinski definition) is 1. The summed E-state index contributed by atoms with van der Waals surface area (Å²) in [7, 11) is 0. The van der Waals surface area contributed by atoms with E-state index in [9.17, 15) is 0 Å². The van der Waals surface area contributed by atoms with Crippen LogP contribution >= 0.6 is 11.6 Å². The Bertz CT molecular complexity index is 320. The standard InChI is InChI=1S/C13H18ClN/c14-12-6-2-1-4-10(12)5-3-7-13(15)11-8-9-11/h1-2,4,6,11,13H,3,5,7-9,15H2. The molecular formula is C13H18ClN. The van der Waals surface area contributed by atoms with E-state index in [1.165, 1.54) is 18.4 Å². The van der Waals surface area contributed by atoms with Crippen LogP contribution in [0.4, 0.5) is 0 Å². The molecule has 1 aliphatic rings. The van der Waals surface area contributed by atoms with Gasteiger partial charge in [-0.15, -0.1) is 0 Å². The smallest absolute Gasteiger partial charge is 0.0437 e. The predicted molar refractivity (Wildman–Crippen MR) is 65.1 cm³/mol. The molecule has 1 aromatic rings. The topological polar surface area (TPSA) is 26.0 Å². The van der Waals surface area contributed by atoms with Gasteiger partial charge < -0.3 is 5.73 Å². The Balaban J connectivity index is 1.75. The molecule has 0 saturated heterocycles. The molecule has 1 aliphatic carbocycles. The van der Waals surface area contributed by atoms with E-state index in [2.05, 4.69) is 6.07 Å². The van der Waals surface area contributed by atoms with Crippen molar-refractivity contribution >= 4 is 11.6 Å². The van der Waals surface area contributed by atoms with Gasteiger partial charge in [0, 0.05) is 11.1 Å². The lowest BCUT2D eigenvalue weighted by molar-refractivity contribution is 0.528. The highest BCUT2D eigenvalue weighted by molar-refractivity contribution is 6.31. The Hall–Kier alpha value is -0.530. The molecule has 1 saturated carbocycles. The van der Waals surface area contributed by atoms with Gasteiger partial charge >= 0.3 is 0 Å². The van der Waals surface area contributed by atoms with Crippen LogP contribution in [0.3, 0.4) is 0 Å². The van der Waals surface area contributed by atoms with Crippen molar-refractivity contribution < 1.29 is 0 Å². The maximum absolute atomic E-state index is 6.08. The van der Waals surface area contributed by atoms with Crippen LogP contribution in [0.1, 0.15) is 31.2 Å². The minimum atomic E-state index is 0.424. The molecule has 1 atom stereocenters. The molecular weight excluding hydrogens is 206 g/mol. The van der Waals surface area contributed by atoms with E-state index in [0.717, 1.165) is 30.2 Å². The normalized spacial score (nSPS) is 17.7. The highest BCUT2D eigenvalue weighted by atomic mass is 35.5. The largest absolute Gasteiger partial charge is 0.327 e. The van der Waals surface area contributed by atoms with Crippen molar-refractivity contribution in [1.82, 2.24) is 0 Å². The third kappa shape index (κ3) is 3.22. The fourth-order valence-corrected chi connectivity index (χ4v) is 2.22. The molecule has 0 heterocycles. The number of rotatable bonds is 5. The van der Waals surface area contributed by atoms with Gasteiger partial charge in [0.1, 0.15) is 0 Å². The van der Waals surface area contributed by atoms with Crippen molar-refractivity contribution in [2.24, 2.45) is 11.7 Å². The van der Waals surface area contributed by atoms with Gasteiger partial charge in [0.2, 0.25) is 0 Å². The van der Waals surface area contributed by atoms with Crippen molar-refractivity contribution in [3.8, 4) is 0 Å². The Morgan fingerprint density at radius 2 is 2.07 bits per heavy atom. The molecule has 2 heteroatoms. The number of halogens is 1. The molecule has 1 unspecified atom stereocenters. The zero-order chi connectivity index (χ0) is 10.7. The van der Waals surface area contributed by atoms with Crippen LogP contribution in [0, 0.1) is 5.92 Å². The first-order chi connectivity index (χ1) is 7.27. The van der Waals surface area contributed by atoms with E-state index in [1.54, 1.807) is 0 Å². The summed E-state index contributed by atoms with van der Waals surface area (Å²) in [5, 5.41) is 0.887. The summed E-state index contributed by atoms with van der Waals surface area (Å²) >= 11 is 6.08. The first-order valence-electron chi connectivity index (χ1n) is 5.76. The van der Waals surface area contributed by atoms with Gasteiger partial charge in [-0.1, -0.05) is 29.8 Å². The van der Waals surface area contributed by atoms with Crippen LogP contribution in [-0.4, -0.2) is 6.04 Å². The molecule has 1 fully saturated rings. The third-order valence-corrected chi connectivity index (χ3v) is 3.54. The molecule has 2 rings (SSSR count). The lowest BCUT2D eigenvalue weighted by Gasteiger charge is -2.10. The summed E-state index contributed by atoms with van der Waals surface area (Å²) in [6, 6.07) is 8.50. The first-order valence-corrected chi connectivity index (χ1v) is 6.14. The van der Waals surface area contributed by atoms with Crippen molar-refractivity contribution in [3.63, 3.8) is 0 Å². The SMILES string of the molecule is NC(CCCc1ccccc1Cl)C1CC1. The van der Waals surface area contributed by atoms with Crippen molar-refractivity contribution in [2.75, 3.05) is 0 Å². The first kappa shape index (κ1) is 11.0. The van der Waals surface area contributed by atoms with Gasteiger partial charge in [0.25, 0.3) is 0 Å². The summed E-state index contributed by atoms with van der Waals surface area (Å²) < 4.78 is 0. The van der Waals surface area contributed by atoms with Crippen molar-refractivity contribution in [3.05, 3.63) is 34.9 Å². The summed E-state index contributed by atoms with van der Waals surface area (Å²) in [5.74, 6) is 0.816. The molecule has 0 aliphatic heterocycles. The molecule has 0 aromatic heterocycles. The fourth-order valence-electron chi connectivity index (χ4n) is 1.99. The zero-order valence-corrected chi connectivity index (χ0v) is 9.71. The van der Waals surface area contributed by atoms with Crippen LogP contribution < -0.4 is 5.73 Å². The van der Waals surface area contributed by atoms with E-state index in [-0.39, 0.29) is 0 Å². The second-order valence-corrected chi connectivity index (χ2v) is 4.89. The fraction of sp³-hybridized carbons (Fsp3) is 0.538. The minimum Gasteiger partial charge on any atom is -0.327 e. The van der Waals surface area contributed by atoms with Gasteiger partial charge in [-0.2, -0.15) is 0 Å². The quantitative estimate of drug-likeness (QED) is 0.814. The number of nitrogens with two attached hydrogens (primary N) is 1. The van der Waals surface area contributed by atoms with E-state index >= 15 is 0 Å². The highest BCUT2D eigenvalue weighted by Crippen LogP contribution is 2.33. The van der Waals surface area contributed by atoms with Crippen molar-refractivity contribution in [1.29, 1.82) is 0 Å². The molecule has 15 heavy (non-hydrogen) atoms. The predicted octanol–water partition coefficient (Wildman–Crippen LogP) is 3.40. The van der Waals surface area contributed by atoms with Crippen LogP contribution in [0.5, 0.6) is 0 Å². The second kappa shape index (κ2) is 5.00. The van der Waals surface area contributed by atoms with Gasteiger partial charge in [0.15, 0.2) is 0 Å². The molecule has 0 radical (unpaired) electrons.